The average molecular weight is 345 g/mol. The van der Waals surface area contributed by atoms with Gasteiger partial charge in [-0.05, 0) is 67.9 Å². The highest BCUT2D eigenvalue weighted by Gasteiger charge is 2.64. The molecule has 0 unspecified atom stereocenters. The van der Waals surface area contributed by atoms with E-state index >= 15 is 0 Å². The summed E-state index contributed by atoms with van der Waals surface area (Å²) in [5.41, 5.74) is 4.12. The SMILES string of the molecule is c1ccc(N2Cc3c(nc4occn34)C23C2CC4CC(C2)CC3C4)cc1. The third-order valence-corrected chi connectivity index (χ3v) is 7.95. The van der Waals surface area contributed by atoms with Crippen molar-refractivity contribution >= 4 is 11.5 Å². The maximum absolute atomic E-state index is 5.68. The summed E-state index contributed by atoms with van der Waals surface area (Å²) in [5, 5.41) is 0. The quantitative estimate of drug-likeness (QED) is 0.646. The fraction of sp³-hybridized carbons (Fsp3) is 0.500. The number of rotatable bonds is 1. The van der Waals surface area contributed by atoms with Crippen molar-refractivity contribution in [3.8, 4) is 0 Å². The Kier molecular flexibility index (Phi) is 2.43. The lowest BCUT2D eigenvalue weighted by Gasteiger charge is -2.62. The molecule has 132 valence electrons. The van der Waals surface area contributed by atoms with Crippen molar-refractivity contribution in [2.24, 2.45) is 23.7 Å². The highest BCUT2D eigenvalue weighted by Crippen LogP contribution is 2.66. The van der Waals surface area contributed by atoms with Gasteiger partial charge in [-0.2, -0.15) is 4.98 Å². The van der Waals surface area contributed by atoms with Crippen molar-refractivity contribution in [1.29, 1.82) is 0 Å². The number of fused-ring (bicyclic) bond motifs is 3. The lowest BCUT2D eigenvalue weighted by Crippen LogP contribution is -2.62. The number of hydrogen-bond acceptors (Lipinski definition) is 3. The van der Waals surface area contributed by atoms with E-state index in [0.717, 1.165) is 36.1 Å². The predicted octanol–water partition coefficient (Wildman–Crippen LogP) is 4.60. The number of benzene rings is 1. The molecule has 3 aromatic rings. The molecule has 4 nitrogen and oxygen atoms in total. The molecule has 26 heavy (non-hydrogen) atoms. The van der Waals surface area contributed by atoms with E-state index in [1.165, 1.54) is 49.2 Å². The molecule has 2 aromatic heterocycles. The van der Waals surface area contributed by atoms with Crippen LogP contribution < -0.4 is 4.90 Å². The lowest BCUT2D eigenvalue weighted by molar-refractivity contribution is -0.0603. The van der Waals surface area contributed by atoms with Gasteiger partial charge in [0.2, 0.25) is 0 Å². The van der Waals surface area contributed by atoms with Crippen molar-refractivity contribution < 1.29 is 4.42 Å². The molecule has 4 bridgehead atoms. The fourth-order valence-corrected chi connectivity index (χ4v) is 7.36. The Hall–Kier alpha value is -2.23. The van der Waals surface area contributed by atoms with E-state index in [2.05, 4.69) is 39.6 Å². The van der Waals surface area contributed by atoms with Gasteiger partial charge in [0.05, 0.1) is 23.5 Å². The van der Waals surface area contributed by atoms with Crippen LogP contribution in [0.15, 0.2) is 47.2 Å². The predicted molar refractivity (Wildman–Crippen MR) is 98.8 cm³/mol. The Morgan fingerprint density at radius 2 is 1.69 bits per heavy atom. The van der Waals surface area contributed by atoms with Crippen molar-refractivity contribution in [1.82, 2.24) is 9.38 Å². The Balaban J connectivity index is 1.50. The van der Waals surface area contributed by atoms with Crippen LogP contribution in [0.3, 0.4) is 0 Å². The third-order valence-electron chi connectivity index (χ3n) is 7.95. The molecule has 4 aliphatic carbocycles. The molecule has 0 amide bonds. The van der Waals surface area contributed by atoms with Crippen molar-refractivity contribution in [2.75, 3.05) is 4.90 Å². The summed E-state index contributed by atoms with van der Waals surface area (Å²) in [7, 11) is 0. The van der Waals surface area contributed by atoms with Crippen LogP contribution >= 0.6 is 0 Å². The molecular formula is C22H23N3O. The Morgan fingerprint density at radius 1 is 0.962 bits per heavy atom. The highest BCUT2D eigenvalue weighted by atomic mass is 16.3. The fourth-order valence-electron chi connectivity index (χ4n) is 7.36. The first-order valence-corrected chi connectivity index (χ1v) is 10.1. The molecule has 3 heterocycles. The number of nitrogens with zero attached hydrogens (tertiary/aromatic N) is 3. The van der Waals surface area contributed by atoms with E-state index in [-0.39, 0.29) is 5.54 Å². The van der Waals surface area contributed by atoms with E-state index in [1.54, 1.807) is 6.26 Å². The number of oxazole rings is 1. The zero-order valence-corrected chi connectivity index (χ0v) is 14.8. The van der Waals surface area contributed by atoms with E-state index in [4.69, 9.17) is 9.40 Å². The van der Waals surface area contributed by atoms with Gasteiger partial charge in [-0.3, -0.25) is 4.40 Å². The maximum atomic E-state index is 5.68. The van der Waals surface area contributed by atoms with Crippen molar-refractivity contribution in [3.05, 3.63) is 54.2 Å². The molecule has 1 aromatic carbocycles. The van der Waals surface area contributed by atoms with Crippen LogP contribution in [-0.2, 0) is 12.1 Å². The number of aromatic nitrogens is 2. The van der Waals surface area contributed by atoms with Crippen LogP contribution in [0, 0.1) is 23.7 Å². The van der Waals surface area contributed by atoms with Crippen LogP contribution in [0.4, 0.5) is 5.69 Å². The standard InChI is InChI=1S/C22H23N3O/c1-2-4-18(5-3-1)25-13-19-20(23-21-24(19)6-7-26-21)22(25)16-9-14-8-15(11-16)12-17(22)10-14/h1-7,14-17H,8-13H2. The van der Waals surface area contributed by atoms with Crippen molar-refractivity contribution in [3.63, 3.8) is 0 Å². The monoisotopic (exact) mass is 345 g/mol. The topological polar surface area (TPSA) is 33.7 Å². The van der Waals surface area contributed by atoms with E-state index in [9.17, 15) is 0 Å². The molecule has 0 saturated heterocycles. The number of anilines is 1. The minimum atomic E-state index is 0.0820. The molecular weight excluding hydrogens is 322 g/mol. The van der Waals surface area contributed by atoms with Gasteiger partial charge in [0.25, 0.3) is 0 Å². The van der Waals surface area contributed by atoms with Gasteiger partial charge in [0.1, 0.15) is 6.26 Å². The van der Waals surface area contributed by atoms with Gasteiger partial charge in [-0.1, -0.05) is 18.2 Å². The lowest BCUT2D eigenvalue weighted by atomic mass is 9.47. The second-order valence-electron chi connectivity index (χ2n) is 9.01. The van der Waals surface area contributed by atoms with Gasteiger partial charge < -0.3 is 9.32 Å². The summed E-state index contributed by atoms with van der Waals surface area (Å²) in [6, 6.07) is 11.1. The Labute approximate surface area is 152 Å². The van der Waals surface area contributed by atoms with Crippen LogP contribution in [-0.4, -0.2) is 9.38 Å². The molecule has 4 fully saturated rings. The molecule has 4 heteroatoms. The van der Waals surface area contributed by atoms with Crippen LogP contribution in [0.1, 0.15) is 43.5 Å². The first-order valence-electron chi connectivity index (χ1n) is 10.1. The minimum absolute atomic E-state index is 0.0820. The van der Waals surface area contributed by atoms with Gasteiger partial charge in [-0.15, -0.1) is 0 Å². The summed E-state index contributed by atoms with van der Waals surface area (Å²) in [6.45, 7) is 0.947. The molecule has 8 rings (SSSR count). The minimum Gasteiger partial charge on any atom is -0.432 e. The maximum Gasteiger partial charge on any atom is 0.306 e. The average Bonchev–Trinajstić information content (AvgIpc) is 3.31. The number of imidazole rings is 1. The Morgan fingerprint density at radius 3 is 2.42 bits per heavy atom. The summed E-state index contributed by atoms with van der Waals surface area (Å²) in [4.78, 5) is 7.80. The molecule has 1 spiro atoms. The van der Waals surface area contributed by atoms with Gasteiger partial charge in [0, 0.05) is 11.9 Å². The number of para-hydroxylation sites is 1. The molecule has 0 atom stereocenters. The zero-order valence-electron chi connectivity index (χ0n) is 14.8. The number of hydrogen-bond donors (Lipinski definition) is 0. The highest BCUT2D eigenvalue weighted by molar-refractivity contribution is 5.59. The van der Waals surface area contributed by atoms with Gasteiger partial charge >= 0.3 is 5.84 Å². The second kappa shape index (κ2) is 4.54. The molecule has 0 radical (unpaired) electrons. The summed E-state index contributed by atoms with van der Waals surface area (Å²) in [6.07, 6.45) is 10.8. The van der Waals surface area contributed by atoms with E-state index in [1.807, 2.05) is 6.20 Å². The van der Waals surface area contributed by atoms with Crippen LogP contribution in [0.25, 0.3) is 5.84 Å². The van der Waals surface area contributed by atoms with Gasteiger partial charge in [0.15, 0.2) is 0 Å². The second-order valence-corrected chi connectivity index (χ2v) is 9.01. The zero-order chi connectivity index (χ0) is 16.9. The summed E-state index contributed by atoms with van der Waals surface area (Å²) in [5.74, 6) is 4.15. The molecule has 0 N–H and O–H groups in total. The van der Waals surface area contributed by atoms with E-state index < -0.39 is 0 Å². The molecule has 1 aliphatic heterocycles. The summed E-state index contributed by atoms with van der Waals surface area (Å²) >= 11 is 0. The molecule has 5 aliphatic rings. The van der Waals surface area contributed by atoms with E-state index in [0.29, 0.717) is 0 Å². The van der Waals surface area contributed by atoms with Crippen molar-refractivity contribution in [2.45, 2.75) is 44.2 Å². The molecule has 4 saturated carbocycles. The largest absolute Gasteiger partial charge is 0.432 e. The Bertz CT molecular complexity index is 973. The first kappa shape index (κ1) is 13.9. The smallest absolute Gasteiger partial charge is 0.306 e. The third kappa shape index (κ3) is 1.48. The first-order chi connectivity index (χ1) is 12.8. The van der Waals surface area contributed by atoms with Crippen LogP contribution in [0.5, 0.6) is 0 Å². The normalized spacial score (nSPS) is 37.2. The van der Waals surface area contributed by atoms with Gasteiger partial charge in [-0.25, -0.2) is 0 Å². The van der Waals surface area contributed by atoms with Crippen LogP contribution in [0.2, 0.25) is 0 Å². The summed E-state index contributed by atoms with van der Waals surface area (Å²) < 4.78 is 7.86.